The minimum absolute atomic E-state index is 0.00521. The Kier molecular flexibility index (Phi) is 9.02. The van der Waals surface area contributed by atoms with E-state index < -0.39 is 5.91 Å². The van der Waals surface area contributed by atoms with E-state index in [1.165, 1.54) is 12.3 Å². The first-order valence-corrected chi connectivity index (χ1v) is 8.10. The fraction of sp³-hybridized carbons (Fsp3) is 0.444. The molecule has 0 aromatic heterocycles. The normalized spacial score (nSPS) is 11.0. The fourth-order valence-electron chi connectivity index (χ4n) is 1.93. The Hall–Kier alpha value is -2.52. The number of amides is 1. The standard InChI is InChI=1S/C18H25N3O3/c1-3-4-9-24-10-5-8-20-18(23)15(12-19)13-21-17-7-6-16(22)11-14(17)2/h6-7,11,13,21-22H,3-5,8-10H2,1-2H3,(H,20,23)/b15-13-. The van der Waals surface area contributed by atoms with E-state index in [-0.39, 0.29) is 11.3 Å². The molecule has 130 valence electrons. The van der Waals surface area contributed by atoms with Crippen molar-refractivity contribution in [1.29, 1.82) is 5.26 Å². The molecule has 1 aromatic carbocycles. The maximum absolute atomic E-state index is 11.9. The predicted molar refractivity (Wildman–Crippen MR) is 93.5 cm³/mol. The SMILES string of the molecule is CCCCOCCCNC(=O)/C(C#N)=C\Nc1ccc(O)cc1C. The summed E-state index contributed by atoms with van der Waals surface area (Å²) in [6.07, 6.45) is 4.21. The van der Waals surface area contributed by atoms with Crippen LogP contribution in [0.4, 0.5) is 5.69 Å². The number of benzene rings is 1. The Morgan fingerprint density at radius 1 is 1.38 bits per heavy atom. The van der Waals surface area contributed by atoms with Crippen LogP contribution in [0, 0.1) is 18.3 Å². The first-order valence-electron chi connectivity index (χ1n) is 8.10. The molecule has 24 heavy (non-hydrogen) atoms. The van der Waals surface area contributed by atoms with Gasteiger partial charge in [-0.25, -0.2) is 0 Å². The molecule has 1 rings (SSSR count). The average molecular weight is 331 g/mol. The van der Waals surface area contributed by atoms with Gasteiger partial charge in [0.25, 0.3) is 5.91 Å². The van der Waals surface area contributed by atoms with Gasteiger partial charge in [0.15, 0.2) is 0 Å². The summed E-state index contributed by atoms with van der Waals surface area (Å²) in [5.74, 6) is -0.253. The summed E-state index contributed by atoms with van der Waals surface area (Å²) >= 11 is 0. The van der Waals surface area contributed by atoms with E-state index in [9.17, 15) is 9.90 Å². The largest absolute Gasteiger partial charge is 0.508 e. The zero-order chi connectivity index (χ0) is 17.8. The van der Waals surface area contributed by atoms with Gasteiger partial charge in [-0.3, -0.25) is 4.79 Å². The average Bonchev–Trinajstić information content (AvgIpc) is 2.56. The lowest BCUT2D eigenvalue weighted by atomic mass is 10.2. The second-order valence-electron chi connectivity index (χ2n) is 5.39. The number of nitriles is 1. The monoisotopic (exact) mass is 331 g/mol. The van der Waals surface area contributed by atoms with Crippen LogP contribution in [-0.4, -0.2) is 30.8 Å². The van der Waals surface area contributed by atoms with Gasteiger partial charge in [0.05, 0.1) is 0 Å². The molecule has 6 nitrogen and oxygen atoms in total. The van der Waals surface area contributed by atoms with Crippen LogP contribution in [0.2, 0.25) is 0 Å². The second kappa shape index (κ2) is 11.1. The van der Waals surface area contributed by atoms with Crippen molar-refractivity contribution >= 4 is 11.6 Å². The Balaban J connectivity index is 2.41. The summed E-state index contributed by atoms with van der Waals surface area (Å²) in [7, 11) is 0. The molecule has 0 saturated carbocycles. The lowest BCUT2D eigenvalue weighted by Crippen LogP contribution is -2.26. The fourth-order valence-corrected chi connectivity index (χ4v) is 1.93. The lowest BCUT2D eigenvalue weighted by Gasteiger charge is -2.08. The van der Waals surface area contributed by atoms with Crippen LogP contribution in [0.15, 0.2) is 30.0 Å². The molecule has 6 heteroatoms. The quantitative estimate of drug-likeness (QED) is 0.265. The molecule has 0 aliphatic rings. The lowest BCUT2D eigenvalue weighted by molar-refractivity contribution is -0.117. The minimum atomic E-state index is -0.421. The van der Waals surface area contributed by atoms with Gasteiger partial charge < -0.3 is 20.5 Å². The molecule has 0 fully saturated rings. The van der Waals surface area contributed by atoms with E-state index in [4.69, 9.17) is 10.00 Å². The second-order valence-corrected chi connectivity index (χ2v) is 5.39. The van der Waals surface area contributed by atoms with Gasteiger partial charge in [-0.2, -0.15) is 5.26 Å². The Morgan fingerprint density at radius 2 is 2.12 bits per heavy atom. The number of nitrogens with one attached hydrogen (secondary N) is 2. The van der Waals surface area contributed by atoms with Crippen LogP contribution in [0.1, 0.15) is 31.7 Å². The molecule has 0 unspecified atom stereocenters. The molecule has 0 aliphatic heterocycles. The number of anilines is 1. The number of phenolic OH excluding ortho intramolecular Hbond substituents is 1. The summed E-state index contributed by atoms with van der Waals surface area (Å²) < 4.78 is 5.41. The zero-order valence-electron chi connectivity index (χ0n) is 14.3. The number of carbonyl (C=O) groups is 1. The van der Waals surface area contributed by atoms with E-state index in [1.54, 1.807) is 12.1 Å². The number of hydrogen-bond acceptors (Lipinski definition) is 5. The molecular formula is C18H25N3O3. The maximum atomic E-state index is 11.9. The minimum Gasteiger partial charge on any atom is -0.508 e. The van der Waals surface area contributed by atoms with Crippen molar-refractivity contribution in [3.63, 3.8) is 0 Å². The third-order valence-corrected chi connectivity index (χ3v) is 3.34. The number of carbonyl (C=O) groups excluding carboxylic acids is 1. The Morgan fingerprint density at radius 3 is 2.79 bits per heavy atom. The van der Waals surface area contributed by atoms with Crippen molar-refractivity contribution in [2.75, 3.05) is 25.1 Å². The highest BCUT2D eigenvalue weighted by Gasteiger charge is 2.08. The highest BCUT2D eigenvalue weighted by atomic mass is 16.5. The van der Waals surface area contributed by atoms with Crippen molar-refractivity contribution in [2.45, 2.75) is 33.1 Å². The third kappa shape index (κ3) is 7.16. The van der Waals surface area contributed by atoms with Crippen molar-refractivity contribution < 1.29 is 14.6 Å². The van der Waals surface area contributed by atoms with Gasteiger partial charge in [0, 0.05) is 31.6 Å². The summed E-state index contributed by atoms with van der Waals surface area (Å²) in [5.41, 5.74) is 1.53. The summed E-state index contributed by atoms with van der Waals surface area (Å²) in [6.45, 7) is 5.72. The first kappa shape index (κ1) is 19.5. The van der Waals surface area contributed by atoms with Crippen molar-refractivity contribution in [3.8, 4) is 11.8 Å². The van der Waals surface area contributed by atoms with Gasteiger partial charge in [-0.15, -0.1) is 0 Å². The summed E-state index contributed by atoms with van der Waals surface area (Å²) in [5, 5.41) is 24.1. The summed E-state index contributed by atoms with van der Waals surface area (Å²) in [6, 6.07) is 6.69. The van der Waals surface area contributed by atoms with Gasteiger partial charge in [-0.05, 0) is 43.5 Å². The number of unbranched alkanes of at least 4 members (excludes halogenated alkanes) is 1. The molecular weight excluding hydrogens is 306 g/mol. The van der Waals surface area contributed by atoms with Crippen LogP contribution in [0.5, 0.6) is 5.75 Å². The van der Waals surface area contributed by atoms with E-state index in [1.807, 2.05) is 13.0 Å². The molecule has 1 aromatic rings. The Labute approximate surface area is 143 Å². The van der Waals surface area contributed by atoms with E-state index in [0.29, 0.717) is 19.6 Å². The van der Waals surface area contributed by atoms with Crippen LogP contribution < -0.4 is 10.6 Å². The number of phenols is 1. The smallest absolute Gasteiger partial charge is 0.263 e. The van der Waals surface area contributed by atoms with Crippen LogP contribution in [0.25, 0.3) is 0 Å². The van der Waals surface area contributed by atoms with Gasteiger partial charge in [0.1, 0.15) is 17.4 Å². The molecule has 0 spiro atoms. The van der Waals surface area contributed by atoms with Crippen molar-refractivity contribution in [3.05, 3.63) is 35.5 Å². The molecule has 3 N–H and O–H groups in total. The molecule has 0 bridgehead atoms. The Bertz CT molecular complexity index is 606. The molecule has 0 atom stereocenters. The van der Waals surface area contributed by atoms with Gasteiger partial charge in [0.2, 0.25) is 0 Å². The predicted octanol–water partition coefficient (Wildman–Crippen LogP) is 2.84. The number of nitrogens with zero attached hydrogens (tertiary/aromatic N) is 1. The number of rotatable bonds is 10. The molecule has 1 amide bonds. The molecule has 0 radical (unpaired) electrons. The number of hydrogen-bond donors (Lipinski definition) is 3. The topological polar surface area (TPSA) is 94.4 Å². The van der Waals surface area contributed by atoms with E-state index >= 15 is 0 Å². The maximum Gasteiger partial charge on any atom is 0.263 e. The molecule has 0 saturated heterocycles. The van der Waals surface area contributed by atoms with Crippen molar-refractivity contribution in [1.82, 2.24) is 5.32 Å². The first-order chi connectivity index (χ1) is 11.6. The van der Waals surface area contributed by atoms with Crippen molar-refractivity contribution in [2.24, 2.45) is 0 Å². The number of aryl methyl sites for hydroxylation is 1. The van der Waals surface area contributed by atoms with Gasteiger partial charge >= 0.3 is 0 Å². The number of ether oxygens (including phenoxy) is 1. The van der Waals surface area contributed by atoms with Gasteiger partial charge in [-0.1, -0.05) is 13.3 Å². The van der Waals surface area contributed by atoms with E-state index in [2.05, 4.69) is 17.6 Å². The summed E-state index contributed by atoms with van der Waals surface area (Å²) in [4.78, 5) is 11.9. The van der Waals surface area contributed by atoms with E-state index in [0.717, 1.165) is 30.7 Å². The molecule has 0 heterocycles. The zero-order valence-corrected chi connectivity index (χ0v) is 14.3. The molecule has 0 aliphatic carbocycles. The highest BCUT2D eigenvalue weighted by molar-refractivity contribution is 5.97. The highest BCUT2D eigenvalue weighted by Crippen LogP contribution is 2.20. The van der Waals surface area contributed by atoms with Crippen LogP contribution >= 0.6 is 0 Å². The van der Waals surface area contributed by atoms with Crippen LogP contribution in [0.3, 0.4) is 0 Å². The third-order valence-electron chi connectivity index (χ3n) is 3.34. The van der Waals surface area contributed by atoms with Crippen LogP contribution in [-0.2, 0) is 9.53 Å². The number of aromatic hydroxyl groups is 1.